The molecule has 10 nitrogen and oxygen atoms in total. The quantitative estimate of drug-likeness (QED) is 0.477. The Morgan fingerprint density at radius 1 is 1.08 bits per heavy atom. The molecule has 3 aromatic rings. The van der Waals surface area contributed by atoms with Gasteiger partial charge in [-0.2, -0.15) is 18.4 Å². The van der Waals surface area contributed by atoms with Crippen LogP contribution in [0.15, 0.2) is 41.4 Å². The van der Waals surface area contributed by atoms with Crippen LogP contribution in [0.25, 0.3) is 0 Å². The van der Waals surface area contributed by atoms with Gasteiger partial charge in [0, 0.05) is 38.4 Å². The van der Waals surface area contributed by atoms with Gasteiger partial charge in [0.1, 0.15) is 23.3 Å². The van der Waals surface area contributed by atoms with E-state index in [1.165, 1.54) is 19.2 Å². The molecule has 0 spiro atoms. The number of pyridine rings is 1. The van der Waals surface area contributed by atoms with Crippen molar-refractivity contribution in [2.24, 2.45) is 0 Å². The number of hydrogen-bond acceptors (Lipinski definition) is 9. The maximum absolute atomic E-state index is 13.1. The Kier molecular flexibility index (Phi) is 7.82. The number of nitrogens with one attached hydrogen (secondary N) is 1. The normalized spacial score (nSPS) is 14.5. The van der Waals surface area contributed by atoms with Crippen LogP contribution in [0.5, 0.6) is 5.75 Å². The van der Waals surface area contributed by atoms with Crippen LogP contribution in [-0.4, -0.2) is 56.7 Å². The second kappa shape index (κ2) is 10.9. The summed E-state index contributed by atoms with van der Waals surface area (Å²) in [6, 6.07) is 8.96. The highest BCUT2D eigenvalue weighted by molar-refractivity contribution is 7.92. The number of aromatic nitrogens is 3. The van der Waals surface area contributed by atoms with Gasteiger partial charge in [-0.1, -0.05) is 6.07 Å². The summed E-state index contributed by atoms with van der Waals surface area (Å²) in [5, 5.41) is 9.99. The van der Waals surface area contributed by atoms with Gasteiger partial charge >= 0.3 is 6.18 Å². The Morgan fingerprint density at radius 2 is 1.79 bits per heavy atom. The van der Waals surface area contributed by atoms with Gasteiger partial charge in [-0.15, -0.1) is 0 Å². The van der Waals surface area contributed by atoms with Gasteiger partial charge in [-0.25, -0.2) is 23.4 Å². The van der Waals surface area contributed by atoms with Crippen molar-refractivity contribution in [1.82, 2.24) is 15.0 Å². The molecule has 1 N–H and O–H groups in total. The largest absolute Gasteiger partial charge is 0.497 e. The average molecular weight is 562 g/mol. The summed E-state index contributed by atoms with van der Waals surface area (Å²) in [7, 11) is -2.57. The molecule has 39 heavy (non-hydrogen) atoms. The maximum Gasteiger partial charge on any atom is 0.433 e. The summed E-state index contributed by atoms with van der Waals surface area (Å²) in [5.74, 6) is 0.738. The summed E-state index contributed by atoms with van der Waals surface area (Å²) < 4.78 is 73.2. The number of aryl methyl sites for hydroxylation is 1. The molecule has 4 rings (SSSR count). The van der Waals surface area contributed by atoms with Crippen LogP contribution in [0.4, 0.5) is 30.6 Å². The maximum atomic E-state index is 13.1. The summed E-state index contributed by atoms with van der Waals surface area (Å²) in [4.78, 5) is 15.8. The molecule has 3 heterocycles. The molecule has 0 atom stereocenters. The van der Waals surface area contributed by atoms with Gasteiger partial charge in [0.15, 0.2) is 0 Å². The molecule has 1 aliphatic rings. The van der Waals surface area contributed by atoms with Crippen LogP contribution >= 0.6 is 0 Å². The fourth-order valence-corrected chi connectivity index (χ4v) is 5.51. The molecule has 2 aromatic heterocycles. The highest BCUT2D eigenvalue weighted by Gasteiger charge is 2.33. The fourth-order valence-electron chi connectivity index (χ4n) is 4.30. The number of nitriles is 1. The van der Waals surface area contributed by atoms with E-state index in [0.29, 0.717) is 55.4 Å². The third-order valence-corrected chi connectivity index (χ3v) is 7.67. The van der Waals surface area contributed by atoms with Crippen LogP contribution in [-0.2, 0) is 16.2 Å². The van der Waals surface area contributed by atoms with E-state index in [0.717, 1.165) is 12.3 Å². The summed E-state index contributed by atoms with van der Waals surface area (Å²) in [6.07, 6.45) is -2.94. The lowest BCUT2D eigenvalue weighted by atomic mass is 10.1. The molecule has 1 aromatic carbocycles. The number of sulfonamides is 1. The van der Waals surface area contributed by atoms with Crippen LogP contribution in [0.1, 0.15) is 28.9 Å². The Morgan fingerprint density at radius 3 is 2.49 bits per heavy atom. The van der Waals surface area contributed by atoms with Gasteiger partial charge in [0.05, 0.1) is 29.0 Å². The lowest BCUT2D eigenvalue weighted by Gasteiger charge is -2.26. The van der Waals surface area contributed by atoms with Crippen LogP contribution in [0, 0.1) is 25.2 Å². The first-order valence-electron chi connectivity index (χ1n) is 11.9. The predicted molar refractivity (Wildman–Crippen MR) is 138 cm³/mol. The van der Waals surface area contributed by atoms with E-state index in [-0.39, 0.29) is 22.1 Å². The highest BCUT2D eigenvalue weighted by Crippen LogP contribution is 2.32. The zero-order valence-corrected chi connectivity index (χ0v) is 22.3. The Balaban J connectivity index is 1.60. The SMILES string of the molecule is COc1cccc(S(=O)(=O)Nc2c(C)nc(N3CCCN(c4nccc(C(F)(F)F)n4)CC3)c(C#N)c2C)c1. The summed E-state index contributed by atoms with van der Waals surface area (Å²) >= 11 is 0. The minimum absolute atomic E-state index is 0.00680. The molecule has 1 saturated heterocycles. The van der Waals surface area contributed by atoms with E-state index in [1.807, 2.05) is 4.90 Å². The molecule has 0 bridgehead atoms. The Bertz CT molecular complexity index is 1520. The van der Waals surface area contributed by atoms with E-state index in [4.69, 9.17) is 4.74 Å². The molecule has 1 aliphatic heterocycles. The molecule has 206 valence electrons. The first kappa shape index (κ1) is 27.9. The van der Waals surface area contributed by atoms with Crippen LogP contribution in [0.3, 0.4) is 0 Å². The van der Waals surface area contributed by atoms with Crippen LogP contribution < -0.4 is 19.3 Å². The van der Waals surface area contributed by atoms with Crippen molar-refractivity contribution in [3.63, 3.8) is 0 Å². The van der Waals surface area contributed by atoms with Crippen molar-refractivity contribution in [3.8, 4) is 11.8 Å². The Labute approximate surface area is 224 Å². The van der Waals surface area contributed by atoms with E-state index >= 15 is 0 Å². The second-order valence-corrected chi connectivity index (χ2v) is 10.5. The number of methoxy groups -OCH3 is 1. The molecule has 0 aliphatic carbocycles. The third-order valence-electron chi connectivity index (χ3n) is 6.32. The molecule has 0 unspecified atom stereocenters. The number of rotatable bonds is 6. The first-order chi connectivity index (χ1) is 18.4. The standard InChI is InChI=1S/C25H26F3N7O3S/c1-16-20(15-29)23(31-17(2)22(16)33-39(36,37)19-7-4-6-18(14-19)38-3)34-10-5-11-35(13-12-34)24-30-9-8-21(32-24)25(26,27)28/h4,6-9,14,33H,5,10-13H2,1-3H3. The molecular weight excluding hydrogens is 535 g/mol. The van der Waals surface area contributed by atoms with Crippen molar-refractivity contribution in [2.75, 3.05) is 47.8 Å². The smallest absolute Gasteiger partial charge is 0.433 e. The number of alkyl halides is 3. The van der Waals surface area contributed by atoms with Gasteiger partial charge in [-0.05, 0) is 44.0 Å². The lowest BCUT2D eigenvalue weighted by molar-refractivity contribution is -0.141. The van der Waals surface area contributed by atoms with E-state index < -0.39 is 21.9 Å². The molecule has 0 amide bonds. The molecule has 0 saturated carbocycles. The molecule has 14 heteroatoms. The number of anilines is 3. The summed E-state index contributed by atoms with van der Waals surface area (Å²) in [6.45, 7) is 4.81. The van der Waals surface area contributed by atoms with E-state index in [9.17, 15) is 26.9 Å². The minimum Gasteiger partial charge on any atom is -0.497 e. The fraction of sp³-hybridized carbons (Fsp3) is 0.360. The van der Waals surface area contributed by atoms with E-state index in [2.05, 4.69) is 25.7 Å². The number of nitrogens with zero attached hydrogens (tertiary/aromatic N) is 6. The van der Waals surface area contributed by atoms with Gasteiger partial charge in [-0.3, -0.25) is 4.72 Å². The monoisotopic (exact) mass is 561 g/mol. The summed E-state index contributed by atoms with van der Waals surface area (Å²) in [5.41, 5.74) is 0.170. The number of ether oxygens (including phenoxy) is 1. The molecule has 1 fully saturated rings. The lowest BCUT2D eigenvalue weighted by Crippen LogP contribution is -2.33. The third kappa shape index (κ3) is 5.98. The minimum atomic E-state index is -4.58. The zero-order chi connectivity index (χ0) is 28.4. The van der Waals surface area contributed by atoms with Gasteiger partial charge < -0.3 is 14.5 Å². The van der Waals surface area contributed by atoms with E-state index in [1.54, 1.807) is 30.9 Å². The van der Waals surface area contributed by atoms with Crippen molar-refractivity contribution >= 4 is 27.5 Å². The van der Waals surface area contributed by atoms with Gasteiger partial charge in [0.25, 0.3) is 10.0 Å². The zero-order valence-electron chi connectivity index (χ0n) is 21.4. The van der Waals surface area contributed by atoms with Crippen LogP contribution in [0.2, 0.25) is 0 Å². The number of benzene rings is 1. The van der Waals surface area contributed by atoms with Crippen molar-refractivity contribution < 1.29 is 26.3 Å². The number of halogens is 3. The van der Waals surface area contributed by atoms with Crippen molar-refractivity contribution in [2.45, 2.75) is 31.3 Å². The predicted octanol–water partition coefficient (Wildman–Crippen LogP) is 3.91. The average Bonchev–Trinajstić information content (AvgIpc) is 3.17. The topological polar surface area (TPSA) is 124 Å². The number of hydrogen-bond donors (Lipinski definition) is 1. The molecule has 0 radical (unpaired) electrons. The van der Waals surface area contributed by atoms with Crippen molar-refractivity contribution in [3.05, 3.63) is 59.0 Å². The first-order valence-corrected chi connectivity index (χ1v) is 13.4. The Hall–Kier alpha value is -4.12. The van der Waals surface area contributed by atoms with Gasteiger partial charge in [0.2, 0.25) is 5.95 Å². The molecular formula is C25H26F3N7O3S. The van der Waals surface area contributed by atoms with Crippen molar-refractivity contribution in [1.29, 1.82) is 5.26 Å². The highest BCUT2D eigenvalue weighted by atomic mass is 32.2. The second-order valence-electron chi connectivity index (χ2n) is 8.86.